The molecule has 2 heterocycles. The highest BCUT2D eigenvalue weighted by atomic mass is 32.1. The zero-order valence-corrected chi connectivity index (χ0v) is 23.6. The Labute approximate surface area is 236 Å². The number of methoxy groups -OCH3 is 1. The predicted octanol–water partition coefficient (Wildman–Crippen LogP) is 4.73. The minimum absolute atomic E-state index is 0.0694. The fraction of sp³-hybridized carbons (Fsp3) is 0.219. The third-order valence-corrected chi connectivity index (χ3v) is 7.34. The molecule has 3 aromatic carbocycles. The lowest BCUT2D eigenvalue weighted by molar-refractivity contribution is -0.138. The van der Waals surface area contributed by atoms with Gasteiger partial charge in [0.15, 0.2) is 4.80 Å². The van der Waals surface area contributed by atoms with E-state index in [-0.39, 0.29) is 18.3 Å². The smallest absolute Gasteiger partial charge is 0.338 e. The zero-order chi connectivity index (χ0) is 28.2. The third-order valence-electron chi connectivity index (χ3n) is 6.35. The van der Waals surface area contributed by atoms with Gasteiger partial charge in [0.1, 0.15) is 11.5 Å². The Kier molecular flexibility index (Phi) is 7.98. The van der Waals surface area contributed by atoms with Crippen LogP contribution in [-0.4, -0.2) is 30.4 Å². The molecule has 0 saturated carbocycles. The van der Waals surface area contributed by atoms with Crippen LogP contribution in [0.15, 0.2) is 94.2 Å². The van der Waals surface area contributed by atoms with Crippen LogP contribution in [0.25, 0.3) is 11.8 Å². The lowest BCUT2D eigenvalue weighted by Gasteiger charge is -2.26. The maximum Gasteiger partial charge on any atom is 0.338 e. The minimum atomic E-state index is -0.736. The Balaban J connectivity index is 1.74. The Hall–Kier alpha value is -4.43. The second-order valence-electron chi connectivity index (χ2n) is 9.44. The SMILES string of the molecule is CCOC(=O)C1=C(c2ccccc2)N=c2s/c(=C\c3ccc(OC(C)C)cc3)c(=O)n2[C@H]1c1ccc(OC)cc1. The van der Waals surface area contributed by atoms with Gasteiger partial charge in [-0.3, -0.25) is 9.36 Å². The summed E-state index contributed by atoms with van der Waals surface area (Å²) >= 11 is 1.29. The van der Waals surface area contributed by atoms with Crippen molar-refractivity contribution in [2.45, 2.75) is 32.9 Å². The molecule has 0 unspecified atom stereocenters. The van der Waals surface area contributed by atoms with Crippen molar-refractivity contribution < 1.29 is 19.0 Å². The number of hydrogen-bond donors (Lipinski definition) is 0. The molecule has 0 spiro atoms. The van der Waals surface area contributed by atoms with Crippen LogP contribution >= 0.6 is 11.3 Å². The van der Waals surface area contributed by atoms with Crippen molar-refractivity contribution in [1.29, 1.82) is 0 Å². The van der Waals surface area contributed by atoms with Gasteiger partial charge in [-0.25, -0.2) is 9.79 Å². The highest BCUT2D eigenvalue weighted by molar-refractivity contribution is 7.07. The molecule has 1 aromatic heterocycles. The Morgan fingerprint density at radius 1 is 1.00 bits per heavy atom. The van der Waals surface area contributed by atoms with Crippen LogP contribution in [0.5, 0.6) is 11.5 Å². The highest BCUT2D eigenvalue weighted by Crippen LogP contribution is 2.35. The van der Waals surface area contributed by atoms with E-state index in [4.69, 9.17) is 19.2 Å². The fourth-order valence-electron chi connectivity index (χ4n) is 4.61. The Morgan fingerprint density at radius 2 is 1.68 bits per heavy atom. The van der Waals surface area contributed by atoms with Crippen LogP contribution in [0.3, 0.4) is 0 Å². The maximum absolute atomic E-state index is 14.0. The molecular weight excluding hydrogens is 524 g/mol. The molecule has 4 aromatic rings. The van der Waals surface area contributed by atoms with Crippen LogP contribution in [0.4, 0.5) is 0 Å². The molecule has 0 aliphatic carbocycles. The van der Waals surface area contributed by atoms with Gasteiger partial charge in [-0.15, -0.1) is 0 Å². The molecule has 204 valence electrons. The summed E-state index contributed by atoms with van der Waals surface area (Å²) in [4.78, 5) is 32.9. The van der Waals surface area contributed by atoms with Gasteiger partial charge in [0.2, 0.25) is 0 Å². The quantitative estimate of drug-likeness (QED) is 0.294. The minimum Gasteiger partial charge on any atom is -0.497 e. The van der Waals surface area contributed by atoms with E-state index in [1.807, 2.05) is 98.8 Å². The lowest BCUT2D eigenvalue weighted by atomic mass is 9.93. The molecular formula is C32H30N2O5S. The van der Waals surface area contributed by atoms with Crippen molar-refractivity contribution in [2.75, 3.05) is 13.7 Å². The van der Waals surface area contributed by atoms with Crippen LogP contribution in [-0.2, 0) is 9.53 Å². The normalized spacial score (nSPS) is 15.0. The maximum atomic E-state index is 14.0. The van der Waals surface area contributed by atoms with Crippen molar-refractivity contribution in [2.24, 2.45) is 4.99 Å². The van der Waals surface area contributed by atoms with Gasteiger partial charge < -0.3 is 14.2 Å². The van der Waals surface area contributed by atoms with Crippen molar-refractivity contribution in [3.8, 4) is 11.5 Å². The standard InChI is InChI=1S/C32H30N2O5S/c1-5-38-31(36)27-28(22-9-7-6-8-10-22)33-32-34(29(27)23-13-17-24(37-4)18-14-23)30(35)26(40-32)19-21-11-15-25(16-12-21)39-20(2)3/h6-20,29H,5H2,1-4H3/b26-19-/t29-/m0/s1. The summed E-state index contributed by atoms with van der Waals surface area (Å²) in [5, 5.41) is 0. The largest absolute Gasteiger partial charge is 0.497 e. The third kappa shape index (κ3) is 5.49. The van der Waals surface area contributed by atoms with Gasteiger partial charge in [-0.2, -0.15) is 0 Å². The van der Waals surface area contributed by atoms with Crippen LogP contribution in [0.2, 0.25) is 0 Å². The molecule has 0 saturated heterocycles. The van der Waals surface area contributed by atoms with Crippen molar-refractivity contribution in [3.05, 3.63) is 121 Å². The first-order chi connectivity index (χ1) is 19.4. The number of carbonyl (C=O) groups is 1. The van der Waals surface area contributed by atoms with Crippen LogP contribution in [0.1, 0.15) is 43.5 Å². The summed E-state index contributed by atoms with van der Waals surface area (Å²) in [6.45, 7) is 5.90. The number of aromatic nitrogens is 1. The van der Waals surface area contributed by atoms with Gasteiger partial charge in [-0.05, 0) is 62.2 Å². The average Bonchev–Trinajstić information content (AvgIpc) is 3.27. The van der Waals surface area contributed by atoms with E-state index in [1.165, 1.54) is 11.3 Å². The van der Waals surface area contributed by atoms with E-state index in [2.05, 4.69) is 0 Å². The zero-order valence-electron chi connectivity index (χ0n) is 22.8. The number of nitrogens with zero attached hydrogens (tertiary/aromatic N) is 2. The molecule has 0 bridgehead atoms. The number of ether oxygens (including phenoxy) is 3. The van der Waals surface area contributed by atoms with Gasteiger partial charge >= 0.3 is 5.97 Å². The van der Waals surface area contributed by atoms with E-state index < -0.39 is 12.0 Å². The molecule has 5 rings (SSSR count). The average molecular weight is 555 g/mol. The summed E-state index contributed by atoms with van der Waals surface area (Å²) in [5.74, 6) is 0.923. The molecule has 1 atom stereocenters. The van der Waals surface area contributed by atoms with Crippen molar-refractivity contribution in [3.63, 3.8) is 0 Å². The Morgan fingerprint density at radius 3 is 2.30 bits per heavy atom. The first-order valence-electron chi connectivity index (χ1n) is 13.1. The Bertz CT molecular complexity index is 1720. The van der Waals surface area contributed by atoms with E-state index in [9.17, 15) is 9.59 Å². The van der Waals surface area contributed by atoms with E-state index >= 15 is 0 Å². The summed E-state index contributed by atoms with van der Waals surface area (Å²) < 4.78 is 18.7. The van der Waals surface area contributed by atoms with E-state index in [0.717, 1.165) is 22.4 Å². The number of carbonyl (C=O) groups excluding carboxylic acids is 1. The molecule has 1 aliphatic heterocycles. The predicted molar refractivity (Wildman–Crippen MR) is 156 cm³/mol. The molecule has 8 heteroatoms. The molecule has 0 radical (unpaired) electrons. The van der Waals surface area contributed by atoms with Gasteiger partial charge in [0.25, 0.3) is 5.56 Å². The fourth-order valence-corrected chi connectivity index (χ4v) is 5.61. The lowest BCUT2D eigenvalue weighted by Crippen LogP contribution is -2.40. The molecule has 0 N–H and O–H groups in total. The molecule has 1 aliphatic rings. The second-order valence-corrected chi connectivity index (χ2v) is 10.4. The molecule has 7 nitrogen and oxygen atoms in total. The first kappa shape index (κ1) is 27.1. The summed E-state index contributed by atoms with van der Waals surface area (Å²) in [6.07, 6.45) is 1.91. The molecule has 0 fully saturated rings. The summed E-state index contributed by atoms with van der Waals surface area (Å²) in [5.41, 5.74) is 2.93. The monoisotopic (exact) mass is 554 g/mol. The molecule has 0 amide bonds. The van der Waals surface area contributed by atoms with E-state index in [0.29, 0.717) is 26.4 Å². The highest BCUT2D eigenvalue weighted by Gasteiger charge is 2.35. The summed E-state index contributed by atoms with van der Waals surface area (Å²) in [7, 11) is 1.59. The molecule has 40 heavy (non-hydrogen) atoms. The topological polar surface area (TPSA) is 79.1 Å². The summed E-state index contributed by atoms with van der Waals surface area (Å²) in [6, 6.07) is 23.7. The number of esters is 1. The number of hydrogen-bond acceptors (Lipinski definition) is 7. The van der Waals surface area contributed by atoms with Crippen LogP contribution < -0.4 is 24.4 Å². The van der Waals surface area contributed by atoms with Gasteiger partial charge in [0, 0.05) is 5.56 Å². The van der Waals surface area contributed by atoms with Crippen molar-refractivity contribution in [1.82, 2.24) is 4.57 Å². The first-order valence-corrected chi connectivity index (χ1v) is 13.9. The van der Waals surface area contributed by atoms with Gasteiger partial charge in [0.05, 0.1) is 41.7 Å². The number of benzene rings is 3. The number of fused-ring (bicyclic) bond motifs is 1. The van der Waals surface area contributed by atoms with Gasteiger partial charge in [-0.1, -0.05) is 65.9 Å². The second kappa shape index (κ2) is 11.8. The number of rotatable bonds is 8. The van der Waals surface area contributed by atoms with Crippen LogP contribution in [0, 0.1) is 0 Å². The van der Waals surface area contributed by atoms with Crippen molar-refractivity contribution >= 4 is 29.1 Å². The number of thiazole rings is 1. The van der Waals surface area contributed by atoms with E-state index in [1.54, 1.807) is 18.6 Å².